The van der Waals surface area contributed by atoms with E-state index in [1.165, 1.54) is 17.3 Å². The molecule has 0 saturated heterocycles. The highest BCUT2D eigenvalue weighted by molar-refractivity contribution is 7.98. The minimum Gasteiger partial charge on any atom is -0.352 e. The minimum absolute atomic E-state index is 0.180. The molecule has 7 heteroatoms. The Morgan fingerprint density at radius 1 is 1.03 bits per heavy atom. The number of aromatic nitrogens is 2. The van der Waals surface area contributed by atoms with Crippen LogP contribution < -0.4 is 5.32 Å². The van der Waals surface area contributed by atoms with E-state index in [0.717, 1.165) is 24.8 Å². The van der Waals surface area contributed by atoms with Crippen LogP contribution in [0.4, 0.5) is 0 Å². The normalized spacial score (nSPS) is 10.8. The third-order valence-corrected chi connectivity index (χ3v) is 5.98. The van der Waals surface area contributed by atoms with Crippen LogP contribution in [0.1, 0.15) is 34.5 Å². The SMILES string of the molecule is CSc1nc(C)c(C(=O)NCCCCc2ccccc2)c(-c2ccc(Cl)c(Cl)c2)n1. The van der Waals surface area contributed by atoms with E-state index < -0.39 is 0 Å². The summed E-state index contributed by atoms with van der Waals surface area (Å²) >= 11 is 13.7. The standard InChI is InChI=1S/C23H23Cl2N3OS/c1-15-20(22(29)26-13-7-6-10-16-8-4-3-5-9-16)21(28-23(27-15)30-2)17-11-12-18(24)19(25)14-17/h3-5,8-9,11-12,14H,6-7,10,13H2,1-2H3,(H,26,29). The predicted octanol–water partition coefficient (Wildman–Crippen LogP) is 6.23. The van der Waals surface area contributed by atoms with E-state index in [2.05, 4.69) is 27.4 Å². The van der Waals surface area contributed by atoms with E-state index in [1.54, 1.807) is 12.1 Å². The number of hydrogen-bond acceptors (Lipinski definition) is 4. The molecule has 1 heterocycles. The van der Waals surface area contributed by atoms with Gasteiger partial charge < -0.3 is 5.32 Å². The number of carbonyl (C=O) groups excluding carboxylic acids is 1. The molecule has 1 N–H and O–H groups in total. The maximum absolute atomic E-state index is 13.0. The number of aryl methyl sites for hydroxylation is 2. The van der Waals surface area contributed by atoms with Crippen molar-refractivity contribution in [2.24, 2.45) is 0 Å². The van der Waals surface area contributed by atoms with Crippen LogP contribution in [0.2, 0.25) is 10.0 Å². The first kappa shape index (κ1) is 22.6. The zero-order valence-corrected chi connectivity index (χ0v) is 19.2. The molecule has 0 aliphatic rings. The van der Waals surface area contributed by atoms with Crippen LogP contribution in [-0.2, 0) is 6.42 Å². The van der Waals surface area contributed by atoms with E-state index in [-0.39, 0.29) is 5.91 Å². The Labute approximate surface area is 191 Å². The summed E-state index contributed by atoms with van der Waals surface area (Å²) in [5, 5.41) is 4.50. The Kier molecular flexibility index (Phi) is 8.14. The van der Waals surface area contributed by atoms with Crippen LogP contribution in [0, 0.1) is 6.92 Å². The van der Waals surface area contributed by atoms with Crippen LogP contribution >= 0.6 is 35.0 Å². The molecule has 4 nitrogen and oxygen atoms in total. The maximum Gasteiger partial charge on any atom is 0.255 e. The van der Waals surface area contributed by atoms with Crippen molar-refractivity contribution in [3.05, 3.63) is 75.4 Å². The van der Waals surface area contributed by atoms with E-state index in [1.807, 2.05) is 37.4 Å². The van der Waals surface area contributed by atoms with Gasteiger partial charge >= 0.3 is 0 Å². The van der Waals surface area contributed by atoms with Crippen molar-refractivity contribution >= 4 is 40.9 Å². The quantitative estimate of drug-likeness (QED) is 0.246. The highest BCUT2D eigenvalue weighted by Crippen LogP contribution is 2.31. The molecule has 0 spiro atoms. The average molecular weight is 460 g/mol. The van der Waals surface area contributed by atoms with Crippen molar-refractivity contribution in [1.82, 2.24) is 15.3 Å². The Bertz CT molecular complexity index is 1030. The average Bonchev–Trinajstić information content (AvgIpc) is 2.75. The van der Waals surface area contributed by atoms with Crippen molar-refractivity contribution in [2.45, 2.75) is 31.3 Å². The first-order valence-corrected chi connectivity index (χ1v) is 11.7. The van der Waals surface area contributed by atoms with Gasteiger partial charge in [0.15, 0.2) is 5.16 Å². The minimum atomic E-state index is -0.180. The number of halogens is 2. The Balaban J connectivity index is 1.73. The number of hydrogen-bond donors (Lipinski definition) is 1. The molecule has 2 aromatic carbocycles. The molecule has 0 radical (unpaired) electrons. The van der Waals surface area contributed by atoms with Gasteiger partial charge in [-0.05, 0) is 50.1 Å². The van der Waals surface area contributed by atoms with Gasteiger partial charge in [-0.25, -0.2) is 9.97 Å². The second-order valence-corrected chi connectivity index (χ2v) is 8.43. The summed E-state index contributed by atoms with van der Waals surface area (Å²) in [6.07, 6.45) is 4.80. The van der Waals surface area contributed by atoms with Crippen molar-refractivity contribution in [3.8, 4) is 11.3 Å². The van der Waals surface area contributed by atoms with Gasteiger partial charge in [0.25, 0.3) is 5.91 Å². The van der Waals surface area contributed by atoms with E-state index in [4.69, 9.17) is 23.2 Å². The first-order valence-electron chi connectivity index (χ1n) is 9.69. The summed E-state index contributed by atoms with van der Waals surface area (Å²) in [7, 11) is 0. The van der Waals surface area contributed by atoms with Crippen LogP contribution in [0.25, 0.3) is 11.3 Å². The lowest BCUT2D eigenvalue weighted by Crippen LogP contribution is -2.27. The predicted molar refractivity (Wildman–Crippen MR) is 126 cm³/mol. The van der Waals surface area contributed by atoms with Crippen molar-refractivity contribution < 1.29 is 4.79 Å². The van der Waals surface area contributed by atoms with Crippen molar-refractivity contribution in [1.29, 1.82) is 0 Å². The smallest absolute Gasteiger partial charge is 0.255 e. The summed E-state index contributed by atoms with van der Waals surface area (Å²) in [6, 6.07) is 15.6. The molecular formula is C23H23Cl2N3OS. The van der Waals surface area contributed by atoms with Gasteiger partial charge in [-0.3, -0.25) is 4.79 Å². The Hall–Kier alpha value is -2.08. The molecule has 0 fully saturated rings. The van der Waals surface area contributed by atoms with Gasteiger partial charge in [0, 0.05) is 12.1 Å². The number of rotatable bonds is 8. The van der Waals surface area contributed by atoms with E-state index in [0.29, 0.717) is 38.7 Å². The fourth-order valence-electron chi connectivity index (χ4n) is 3.15. The molecule has 1 amide bonds. The van der Waals surface area contributed by atoms with Gasteiger partial charge in [-0.1, -0.05) is 71.4 Å². The molecule has 0 unspecified atom stereocenters. The van der Waals surface area contributed by atoms with E-state index >= 15 is 0 Å². The molecule has 0 saturated carbocycles. The summed E-state index contributed by atoms with van der Waals surface area (Å²) < 4.78 is 0. The van der Waals surface area contributed by atoms with E-state index in [9.17, 15) is 4.79 Å². The fourth-order valence-corrected chi connectivity index (χ4v) is 3.86. The molecule has 30 heavy (non-hydrogen) atoms. The largest absolute Gasteiger partial charge is 0.352 e. The lowest BCUT2D eigenvalue weighted by atomic mass is 10.0. The Morgan fingerprint density at radius 3 is 2.50 bits per heavy atom. The zero-order valence-electron chi connectivity index (χ0n) is 16.9. The number of carbonyl (C=O) groups is 1. The summed E-state index contributed by atoms with van der Waals surface area (Å²) in [6.45, 7) is 2.42. The molecule has 0 atom stereocenters. The number of nitrogens with zero attached hydrogens (tertiary/aromatic N) is 2. The topological polar surface area (TPSA) is 54.9 Å². The third-order valence-electron chi connectivity index (χ3n) is 4.69. The van der Waals surface area contributed by atoms with Gasteiger partial charge in [0.2, 0.25) is 0 Å². The molecule has 1 aromatic heterocycles. The number of benzene rings is 2. The number of nitrogens with one attached hydrogen (secondary N) is 1. The summed E-state index contributed by atoms with van der Waals surface area (Å²) in [5.74, 6) is -0.180. The summed E-state index contributed by atoms with van der Waals surface area (Å²) in [5.41, 5.74) is 3.71. The van der Waals surface area contributed by atoms with Crippen molar-refractivity contribution in [3.63, 3.8) is 0 Å². The van der Waals surface area contributed by atoms with Gasteiger partial charge in [0.1, 0.15) is 0 Å². The molecule has 3 rings (SSSR count). The summed E-state index contributed by atoms with van der Waals surface area (Å²) in [4.78, 5) is 22.0. The van der Waals surface area contributed by atoms with Crippen molar-refractivity contribution in [2.75, 3.05) is 12.8 Å². The molecule has 156 valence electrons. The second kappa shape index (κ2) is 10.8. The monoisotopic (exact) mass is 459 g/mol. The van der Waals surface area contributed by atoms with Gasteiger partial charge in [-0.2, -0.15) is 0 Å². The molecular weight excluding hydrogens is 437 g/mol. The number of amides is 1. The van der Waals surface area contributed by atoms with Crippen LogP contribution in [0.3, 0.4) is 0 Å². The zero-order chi connectivity index (χ0) is 21.5. The number of unbranched alkanes of at least 4 members (excludes halogenated alkanes) is 1. The molecule has 0 bridgehead atoms. The first-order chi connectivity index (χ1) is 14.5. The number of thioether (sulfide) groups is 1. The van der Waals surface area contributed by atoms with Gasteiger partial charge in [0.05, 0.1) is 27.0 Å². The van der Waals surface area contributed by atoms with Crippen LogP contribution in [0.15, 0.2) is 53.7 Å². The Morgan fingerprint density at radius 2 is 1.80 bits per heavy atom. The highest BCUT2D eigenvalue weighted by atomic mass is 35.5. The molecule has 0 aliphatic carbocycles. The maximum atomic E-state index is 13.0. The third kappa shape index (κ3) is 5.75. The second-order valence-electron chi connectivity index (χ2n) is 6.85. The molecule has 0 aliphatic heterocycles. The molecule has 3 aromatic rings. The van der Waals surface area contributed by atoms with Gasteiger partial charge in [-0.15, -0.1) is 0 Å². The highest BCUT2D eigenvalue weighted by Gasteiger charge is 2.20. The fraction of sp³-hybridized carbons (Fsp3) is 0.261. The lowest BCUT2D eigenvalue weighted by molar-refractivity contribution is 0.0952. The van der Waals surface area contributed by atoms with Crippen LogP contribution in [0.5, 0.6) is 0 Å². The lowest BCUT2D eigenvalue weighted by Gasteiger charge is -2.14. The van der Waals surface area contributed by atoms with Crippen LogP contribution in [-0.4, -0.2) is 28.7 Å².